The Balaban J connectivity index is 2.19. The van der Waals surface area contributed by atoms with E-state index in [9.17, 15) is 14.7 Å². The Morgan fingerprint density at radius 2 is 1.76 bits per heavy atom. The lowest BCUT2D eigenvalue weighted by Crippen LogP contribution is -2.35. The third kappa shape index (κ3) is 4.87. The fourth-order valence-corrected chi connectivity index (χ4v) is 4.09. The van der Waals surface area contributed by atoms with Gasteiger partial charge in [-0.3, -0.25) is 9.59 Å². The number of hydrogen-bond acceptors (Lipinski definition) is 7. The van der Waals surface area contributed by atoms with Gasteiger partial charge < -0.3 is 29.1 Å². The number of methoxy groups -OCH3 is 2. The van der Waals surface area contributed by atoms with Crippen LogP contribution in [0.2, 0.25) is 0 Å². The lowest BCUT2D eigenvalue weighted by atomic mass is 9.93. The van der Waals surface area contributed by atoms with Gasteiger partial charge in [-0.05, 0) is 69.4 Å². The van der Waals surface area contributed by atoms with E-state index >= 15 is 0 Å². The molecule has 0 radical (unpaired) electrons. The van der Waals surface area contributed by atoms with Gasteiger partial charge in [0.05, 0.1) is 32.4 Å². The second kappa shape index (κ2) is 10.6. The highest BCUT2D eigenvalue weighted by Crippen LogP contribution is 2.42. The number of aliphatic hydroxyl groups excluding tert-OH is 1. The number of ether oxygens (including phenoxy) is 3. The molecule has 0 aromatic heterocycles. The molecule has 1 N–H and O–H groups in total. The maximum absolute atomic E-state index is 13.2. The van der Waals surface area contributed by atoms with Crippen molar-refractivity contribution in [2.45, 2.75) is 19.9 Å². The molecule has 0 bridgehead atoms. The topological polar surface area (TPSA) is 88.5 Å². The van der Waals surface area contributed by atoms with E-state index in [2.05, 4.69) is 0 Å². The summed E-state index contributed by atoms with van der Waals surface area (Å²) in [5, 5.41) is 11.3. The van der Waals surface area contributed by atoms with E-state index in [1.807, 2.05) is 32.8 Å². The van der Waals surface area contributed by atoms with Gasteiger partial charge in [0, 0.05) is 18.7 Å². The van der Waals surface area contributed by atoms with Crippen LogP contribution in [0.5, 0.6) is 17.2 Å². The number of likely N-dealkylation sites (tertiary alicyclic amines) is 1. The number of carbonyl (C=O) groups is 2. The number of Topliss-reactive ketones (excluding diaryl/α,β-unsaturated/α-hetero) is 1. The average Bonchev–Trinajstić information content (AvgIpc) is 3.07. The van der Waals surface area contributed by atoms with Gasteiger partial charge in [0.2, 0.25) is 0 Å². The molecule has 1 atom stereocenters. The molecule has 0 spiro atoms. The number of rotatable bonds is 9. The number of ketones is 1. The van der Waals surface area contributed by atoms with E-state index in [1.165, 1.54) is 19.1 Å². The molecule has 34 heavy (non-hydrogen) atoms. The van der Waals surface area contributed by atoms with E-state index in [4.69, 9.17) is 14.2 Å². The quantitative estimate of drug-likeness (QED) is 0.343. The zero-order chi connectivity index (χ0) is 25.0. The largest absolute Gasteiger partial charge is 0.507 e. The molecule has 8 heteroatoms. The number of hydrogen-bond donors (Lipinski definition) is 1. The van der Waals surface area contributed by atoms with Gasteiger partial charge in [0.1, 0.15) is 11.5 Å². The van der Waals surface area contributed by atoms with Gasteiger partial charge in [-0.2, -0.15) is 0 Å². The third-order valence-corrected chi connectivity index (χ3v) is 5.82. The summed E-state index contributed by atoms with van der Waals surface area (Å²) >= 11 is 0. The molecule has 0 saturated carbocycles. The second-order valence-electron chi connectivity index (χ2n) is 8.32. The highest BCUT2D eigenvalue weighted by atomic mass is 16.5. The fraction of sp³-hybridized carbons (Fsp3) is 0.385. The molecule has 182 valence electrons. The van der Waals surface area contributed by atoms with Crippen molar-refractivity contribution < 1.29 is 28.9 Å². The van der Waals surface area contributed by atoms with Gasteiger partial charge >= 0.3 is 0 Å². The van der Waals surface area contributed by atoms with E-state index in [0.29, 0.717) is 48.1 Å². The molecule has 2 aromatic rings. The van der Waals surface area contributed by atoms with Crippen LogP contribution in [-0.4, -0.2) is 74.6 Å². The van der Waals surface area contributed by atoms with E-state index in [0.717, 1.165) is 5.56 Å². The predicted octanol–water partition coefficient (Wildman–Crippen LogP) is 3.39. The summed E-state index contributed by atoms with van der Waals surface area (Å²) in [5.41, 5.74) is 1.89. The van der Waals surface area contributed by atoms with Crippen molar-refractivity contribution in [1.29, 1.82) is 0 Å². The van der Waals surface area contributed by atoms with E-state index < -0.39 is 17.7 Å². The highest BCUT2D eigenvalue weighted by Gasteiger charge is 2.46. The van der Waals surface area contributed by atoms with Crippen LogP contribution in [0, 0.1) is 6.92 Å². The molecule has 1 aliphatic rings. The summed E-state index contributed by atoms with van der Waals surface area (Å²) in [4.78, 5) is 29.7. The molecular weight excluding hydrogens is 436 g/mol. The van der Waals surface area contributed by atoms with E-state index in [1.54, 1.807) is 36.4 Å². The summed E-state index contributed by atoms with van der Waals surface area (Å²) in [6.07, 6.45) is 0. The molecule has 1 saturated heterocycles. The molecule has 1 heterocycles. The first-order chi connectivity index (χ1) is 16.2. The smallest absolute Gasteiger partial charge is 0.295 e. The van der Waals surface area contributed by atoms with Crippen molar-refractivity contribution in [3.05, 3.63) is 58.7 Å². The minimum absolute atomic E-state index is 0.0447. The van der Waals surface area contributed by atoms with Crippen molar-refractivity contribution in [3.63, 3.8) is 0 Å². The first-order valence-electron chi connectivity index (χ1n) is 11.1. The van der Waals surface area contributed by atoms with Crippen molar-refractivity contribution in [3.8, 4) is 17.2 Å². The van der Waals surface area contributed by atoms with Crippen molar-refractivity contribution in [2.75, 3.05) is 48.0 Å². The number of amides is 1. The maximum atomic E-state index is 13.2. The molecule has 1 amide bonds. The molecular formula is C26H32N2O6. The van der Waals surface area contributed by atoms with Crippen LogP contribution in [0.25, 0.3) is 5.76 Å². The molecule has 0 aliphatic carbocycles. The van der Waals surface area contributed by atoms with Crippen LogP contribution in [0.3, 0.4) is 0 Å². The van der Waals surface area contributed by atoms with Crippen LogP contribution in [0.1, 0.15) is 29.7 Å². The molecule has 8 nitrogen and oxygen atoms in total. The minimum atomic E-state index is -0.772. The summed E-state index contributed by atoms with van der Waals surface area (Å²) in [5.74, 6) is 0.0795. The monoisotopic (exact) mass is 468 g/mol. The number of carbonyl (C=O) groups excluding carboxylic acids is 2. The van der Waals surface area contributed by atoms with Gasteiger partial charge in [-0.25, -0.2) is 0 Å². The number of nitrogens with zero attached hydrogens (tertiary/aromatic N) is 2. The Labute approximate surface area is 200 Å². The van der Waals surface area contributed by atoms with Gasteiger partial charge in [0.25, 0.3) is 11.7 Å². The second-order valence-corrected chi connectivity index (χ2v) is 8.32. The average molecular weight is 469 g/mol. The van der Waals surface area contributed by atoms with E-state index in [-0.39, 0.29) is 11.3 Å². The molecule has 2 aromatic carbocycles. The number of benzene rings is 2. The highest BCUT2D eigenvalue weighted by molar-refractivity contribution is 6.46. The van der Waals surface area contributed by atoms with Crippen LogP contribution < -0.4 is 14.2 Å². The summed E-state index contributed by atoms with van der Waals surface area (Å²) in [6, 6.07) is 9.70. The molecule has 0 unspecified atom stereocenters. The Morgan fingerprint density at radius 1 is 1.06 bits per heavy atom. The summed E-state index contributed by atoms with van der Waals surface area (Å²) < 4.78 is 16.3. The lowest BCUT2D eigenvalue weighted by molar-refractivity contribution is -0.140. The van der Waals surface area contributed by atoms with Crippen LogP contribution in [-0.2, 0) is 9.59 Å². The van der Waals surface area contributed by atoms with Gasteiger partial charge in [-0.15, -0.1) is 0 Å². The van der Waals surface area contributed by atoms with Crippen LogP contribution >= 0.6 is 0 Å². The maximum Gasteiger partial charge on any atom is 0.295 e. The molecule has 3 rings (SSSR count). The summed E-state index contributed by atoms with van der Waals surface area (Å²) in [7, 11) is 6.85. The van der Waals surface area contributed by atoms with Crippen LogP contribution in [0.4, 0.5) is 0 Å². The Morgan fingerprint density at radius 3 is 2.35 bits per heavy atom. The fourth-order valence-electron chi connectivity index (χ4n) is 4.09. The molecule has 1 fully saturated rings. The lowest BCUT2D eigenvalue weighted by Gasteiger charge is -2.27. The zero-order valence-corrected chi connectivity index (χ0v) is 20.5. The first-order valence-corrected chi connectivity index (χ1v) is 11.1. The number of aliphatic hydroxyl groups is 1. The van der Waals surface area contributed by atoms with Crippen molar-refractivity contribution >= 4 is 17.4 Å². The molecule has 1 aliphatic heterocycles. The number of likely N-dealkylation sites (N-methyl/N-ethyl adjacent to an activating group) is 1. The summed E-state index contributed by atoms with van der Waals surface area (Å²) in [6.45, 7) is 5.10. The zero-order valence-electron chi connectivity index (χ0n) is 20.5. The van der Waals surface area contributed by atoms with Gasteiger partial charge in [-0.1, -0.05) is 6.07 Å². The van der Waals surface area contributed by atoms with Gasteiger partial charge in [0.15, 0.2) is 11.5 Å². The van der Waals surface area contributed by atoms with Crippen molar-refractivity contribution in [1.82, 2.24) is 9.80 Å². The Bertz CT molecular complexity index is 1110. The Kier molecular flexibility index (Phi) is 7.83. The number of aryl methyl sites for hydroxylation is 1. The standard InChI is InChI=1S/C26H32N2O6/c1-7-34-18-9-10-19(16(2)14-18)24(29)22-23(17-8-11-20(32-5)21(15-17)33-6)28(13-12-27(3)4)26(31)25(22)30/h8-11,14-15,23,29H,7,12-13H2,1-6H3/t23-/m1/s1. The normalized spacial score (nSPS) is 17.4. The van der Waals surface area contributed by atoms with Crippen LogP contribution in [0.15, 0.2) is 42.0 Å². The third-order valence-electron chi connectivity index (χ3n) is 5.82. The van der Waals surface area contributed by atoms with Crippen molar-refractivity contribution in [2.24, 2.45) is 0 Å². The Hall–Kier alpha value is -3.52. The predicted molar refractivity (Wildman–Crippen MR) is 129 cm³/mol. The SMILES string of the molecule is CCOc1ccc(C(O)=C2C(=O)C(=O)N(CCN(C)C)[C@@H]2c2ccc(OC)c(OC)c2)c(C)c1. The minimum Gasteiger partial charge on any atom is -0.507 e. The first kappa shape index (κ1) is 25.1.